The number of fused-ring (bicyclic) bond motifs is 2. The summed E-state index contributed by atoms with van der Waals surface area (Å²) in [5.74, 6) is 0.535. The van der Waals surface area contributed by atoms with Crippen LogP contribution in [0.1, 0.15) is 18.9 Å². The van der Waals surface area contributed by atoms with Crippen LogP contribution in [0.4, 0.5) is 0 Å². The fourth-order valence-corrected chi connectivity index (χ4v) is 3.97. The fraction of sp³-hybridized carbons (Fsp3) is 0.200. The van der Waals surface area contributed by atoms with Gasteiger partial charge < -0.3 is 4.74 Å². The van der Waals surface area contributed by atoms with Gasteiger partial charge in [-0.15, -0.1) is 5.10 Å². The maximum Gasteiger partial charge on any atom is 0.240 e. The molecule has 2 aliphatic carbocycles. The van der Waals surface area contributed by atoms with Crippen LogP contribution in [0.3, 0.4) is 0 Å². The van der Waals surface area contributed by atoms with E-state index in [1.54, 1.807) is 0 Å². The molecule has 2 aromatic rings. The van der Waals surface area contributed by atoms with Gasteiger partial charge in [-0.25, -0.2) is 0 Å². The van der Waals surface area contributed by atoms with Crippen molar-refractivity contribution in [1.82, 2.24) is 0 Å². The van der Waals surface area contributed by atoms with Crippen molar-refractivity contribution in [3.8, 4) is 0 Å². The first-order chi connectivity index (χ1) is 13.7. The van der Waals surface area contributed by atoms with Crippen LogP contribution in [0.2, 0.25) is 0 Å². The Bertz CT molecular complexity index is 1050. The highest BCUT2D eigenvalue weighted by molar-refractivity contribution is 5.98. The average molecular weight is 368 g/mol. The highest BCUT2D eigenvalue weighted by Crippen LogP contribution is 2.41. The molecule has 2 aromatic carbocycles. The lowest BCUT2D eigenvalue weighted by atomic mass is 9.72. The van der Waals surface area contributed by atoms with Crippen molar-refractivity contribution >= 4 is 23.4 Å². The van der Waals surface area contributed by atoms with E-state index in [-0.39, 0.29) is 5.41 Å². The molecule has 2 aliphatic rings. The fourth-order valence-electron chi connectivity index (χ4n) is 3.97. The Labute approximate surface area is 166 Å². The number of rotatable bonds is 5. The standard InChI is InChI=1S/C25H24N2O/c1-25-16-6-5-14-23(25)22(13-8-17-25)24(27-26-2)28-18-15-20-11-7-10-19-9-3-4-12-21(19)20/h3-14,16H,2,15,17-18H2,1H3/b27-24-. The predicted molar refractivity (Wildman–Crippen MR) is 118 cm³/mol. The molecule has 3 heteroatoms. The smallest absolute Gasteiger partial charge is 0.240 e. The zero-order chi connectivity index (χ0) is 19.4. The van der Waals surface area contributed by atoms with Gasteiger partial charge in [-0.05, 0) is 28.3 Å². The van der Waals surface area contributed by atoms with Crippen molar-refractivity contribution in [3.05, 3.63) is 95.6 Å². The van der Waals surface area contributed by atoms with Gasteiger partial charge in [0.1, 0.15) is 0 Å². The minimum Gasteiger partial charge on any atom is -0.476 e. The van der Waals surface area contributed by atoms with Crippen molar-refractivity contribution < 1.29 is 4.74 Å². The molecular weight excluding hydrogens is 344 g/mol. The molecule has 0 aromatic heterocycles. The van der Waals surface area contributed by atoms with E-state index in [9.17, 15) is 0 Å². The number of hydrogen-bond acceptors (Lipinski definition) is 3. The molecule has 0 aliphatic heterocycles. The van der Waals surface area contributed by atoms with Crippen LogP contribution in [-0.4, -0.2) is 19.2 Å². The van der Waals surface area contributed by atoms with E-state index in [0.29, 0.717) is 12.5 Å². The minimum atomic E-state index is -0.0280. The normalized spacial score (nSPS) is 21.1. The first-order valence-corrected chi connectivity index (χ1v) is 9.62. The van der Waals surface area contributed by atoms with Gasteiger partial charge in [0.25, 0.3) is 0 Å². The molecule has 0 spiro atoms. The number of hydrogen-bond donors (Lipinski definition) is 0. The van der Waals surface area contributed by atoms with E-state index in [4.69, 9.17) is 4.74 Å². The molecule has 0 saturated heterocycles. The van der Waals surface area contributed by atoms with Crippen LogP contribution in [-0.2, 0) is 11.2 Å². The van der Waals surface area contributed by atoms with Gasteiger partial charge in [0.2, 0.25) is 5.90 Å². The monoisotopic (exact) mass is 368 g/mol. The Morgan fingerprint density at radius 3 is 2.86 bits per heavy atom. The van der Waals surface area contributed by atoms with Crippen LogP contribution < -0.4 is 0 Å². The Morgan fingerprint density at radius 2 is 1.96 bits per heavy atom. The third kappa shape index (κ3) is 3.48. The maximum atomic E-state index is 6.12. The molecule has 0 bridgehead atoms. The largest absolute Gasteiger partial charge is 0.476 e. The molecule has 140 valence electrons. The van der Waals surface area contributed by atoms with Crippen LogP contribution in [0, 0.1) is 5.41 Å². The molecule has 4 rings (SSSR count). The second-order valence-corrected chi connectivity index (χ2v) is 7.35. The highest BCUT2D eigenvalue weighted by atomic mass is 16.5. The van der Waals surface area contributed by atoms with Crippen LogP contribution in [0.5, 0.6) is 0 Å². The van der Waals surface area contributed by atoms with Crippen molar-refractivity contribution in [2.24, 2.45) is 15.6 Å². The van der Waals surface area contributed by atoms with Gasteiger partial charge in [0, 0.05) is 24.1 Å². The van der Waals surface area contributed by atoms with Gasteiger partial charge in [-0.3, -0.25) is 0 Å². The van der Waals surface area contributed by atoms with E-state index in [0.717, 1.165) is 18.4 Å². The van der Waals surface area contributed by atoms with Crippen molar-refractivity contribution in [2.45, 2.75) is 19.8 Å². The molecule has 1 unspecified atom stereocenters. The molecule has 1 atom stereocenters. The van der Waals surface area contributed by atoms with Crippen molar-refractivity contribution in [1.29, 1.82) is 0 Å². The van der Waals surface area contributed by atoms with Crippen LogP contribution in [0.25, 0.3) is 10.8 Å². The lowest BCUT2D eigenvalue weighted by Gasteiger charge is -2.33. The first-order valence-electron chi connectivity index (χ1n) is 9.62. The number of benzene rings is 2. The molecule has 0 amide bonds. The van der Waals surface area contributed by atoms with Gasteiger partial charge >= 0.3 is 0 Å². The van der Waals surface area contributed by atoms with Crippen molar-refractivity contribution in [3.63, 3.8) is 0 Å². The Kier molecular flexibility index (Phi) is 5.07. The summed E-state index contributed by atoms with van der Waals surface area (Å²) in [5.41, 5.74) is 3.44. The number of ether oxygens (including phenoxy) is 1. The third-order valence-electron chi connectivity index (χ3n) is 5.45. The molecule has 0 saturated carbocycles. The molecule has 0 heterocycles. The molecule has 3 nitrogen and oxygen atoms in total. The van der Waals surface area contributed by atoms with E-state index in [1.807, 2.05) is 0 Å². The maximum absolute atomic E-state index is 6.12. The number of nitrogens with zero attached hydrogens (tertiary/aromatic N) is 2. The Morgan fingerprint density at radius 1 is 1.11 bits per heavy atom. The molecule has 0 radical (unpaired) electrons. The highest BCUT2D eigenvalue weighted by Gasteiger charge is 2.31. The van der Waals surface area contributed by atoms with E-state index in [1.165, 1.54) is 21.9 Å². The van der Waals surface area contributed by atoms with Gasteiger partial charge in [0.05, 0.1) is 6.61 Å². The molecule has 28 heavy (non-hydrogen) atoms. The quantitative estimate of drug-likeness (QED) is 0.373. The van der Waals surface area contributed by atoms with Crippen LogP contribution >= 0.6 is 0 Å². The third-order valence-corrected chi connectivity index (χ3v) is 5.45. The summed E-state index contributed by atoms with van der Waals surface area (Å²) >= 11 is 0. The summed E-state index contributed by atoms with van der Waals surface area (Å²) in [6.07, 6.45) is 14.6. The lowest BCUT2D eigenvalue weighted by molar-refractivity contribution is 0.308. The van der Waals surface area contributed by atoms with Gasteiger partial charge in [0.15, 0.2) is 0 Å². The zero-order valence-corrected chi connectivity index (χ0v) is 16.1. The summed E-state index contributed by atoms with van der Waals surface area (Å²) in [6.45, 7) is 6.30. The second-order valence-electron chi connectivity index (χ2n) is 7.35. The van der Waals surface area contributed by atoms with Gasteiger partial charge in [-0.2, -0.15) is 5.10 Å². The number of allylic oxidation sites excluding steroid dienone is 6. The summed E-state index contributed by atoms with van der Waals surface area (Å²) in [6, 6.07) is 14.8. The summed E-state index contributed by atoms with van der Waals surface area (Å²) < 4.78 is 6.12. The van der Waals surface area contributed by atoms with E-state index >= 15 is 0 Å². The molecular formula is C25H24N2O. The molecule has 0 fully saturated rings. The summed E-state index contributed by atoms with van der Waals surface area (Å²) in [5, 5.41) is 10.5. The summed E-state index contributed by atoms with van der Waals surface area (Å²) in [7, 11) is 0. The molecule has 0 N–H and O–H groups in total. The topological polar surface area (TPSA) is 34.0 Å². The second kappa shape index (κ2) is 7.81. The van der Waals surface area contributed by atoms with Crippen LogP contribution in [0.15, 0.2) is 100 Å². The summed E-state index contributed by atoms with van der Waals surface area (Å²) in [4.78, 5) is 0. The lowest BCUT2D eigenvalue weighted by Crippen LogP contribution is -2.24. The SMILES string of the molecule is C=N/N=C(\OCCc1cccc2ccccc12)C1=C2C=CC=CC2(C)CC=C1. The van der Waals surface area contributed by atoms with E-state index < -0.39 is 0 Å². The van der Waals surface area contributed by atoms with Crippen molar-refractivity contribution in [2.75, 3.05) is 6.61 Å². The Balaban J connectivity index is 1.56. The predicted octanol–water partition coefficient (Wildman–Crippen LogP) is 5.80. The first kappa shape index (κ1) is 18.2. The zero-order valence-electron chi connectivity index (χ0n) is 16.1. The average Bonchev–Trinajstić information content (AvgIpc) is 2.72. The van der Waals surface area contributed by atoms with Gasteiger partial charge in [-0.1, -0.05) is 85.8 Å². The minimum absolute atomic E-state index is 0.0280. The Hall–Kier alpha value is -3.20. The van der Waals surface area contributed by atoms with E-state index in [2.05, 4.69) is 103 Å².